The third-order valence-corrected chi connectivity index (χ3v) is 2.13. The maximum atomic E-state index is 11.4. The first-order chi connectivity index (χ1) is 6.59. The predicted octanol–water partition coefficient (Wildman–Crippen LogP) is 1.77. The second kappa shape index (κ2) is 4.91. The fraction of sp³-hybridized carbons (Fsp3) is 0.200. The maximum Gasteiger partial charge on any atom is 0.251 e. The number of carbonyl (C=O) groups is 2. The molecule has 0 spiro atoms. The van der Waals surface area contributed by atoms with Gasteiger partial charge in [-0.25, -0.2) is 0 Å². The third kappa shape index (κ3) is 3.30. The lowest BCUT2D eigenvalue weighted by Gasteiger charge is -2.02. The number of hydrogen-bond donors (Lipinski definition) is 1. The monoisotopic (exact) mass is 255 g/mol. The normalized spacial score (nSPS) is 9.57. The van der Waals surface area contributed by atoms with Gasteiger partial charge >= 0.3 is 0 Å². The second-order valence-corrected chi connectivity index (χ2v) is 3.81. The molecule has 74 valence electrons. The third-order valence-electron chi connectivity index (χ3n) is 1.60. The second-order valence-electron chi connectivity index (χ2n) is 2.89. The topological polar surface area (TPSA) is 46.2 Å². The smallest absolute Gasteiger partial charge is 0.251 e. The van der Waals surface area contributed by atoms with Crippen molar-refractivity contribution >= 4 is 27.6 Å². The van der Waals surface area contributed by atoms with E-state index in [-0.39, 0.29) is 18.2 Å². The van der Waals surface area contributed by atoms with Crippen molar-refractivity contribution in [1.29, 1.82) is 0 Å². The lowest BCUT2D eigenvalue weighted by Crippen LogP contribution is -2.28. The van der Waals surface area contributed by atoms with Crippen LogP contribution in [0.25, 0.3) is 0 Å². The zero-order chi connectivity index (χ0) is 10.6. The van der Waals surface area contributed by atoms with E-state index in [9.17, 15) is 9.59 Å². The highest BCUT2D eigenvalue weighted by atomic mass is 79.9. The highest BCUT2D eigenvalue weighted by Gasteiger charge is 2.04. The van der Waals surface area contributed by atoms with Gasteiger partial charge in [0.1, 0.15) is 5.78 Å². The number of hydrogen-bond acceptors (Lipinski definition) is 2. The van der Waals surface area contributed by atoms with E-state index in [2.05, 4.69) is 21.2 Å². The van der Waals surface area contributed by atoms with Crippen molar-refractivity contribution in [2.45, 2.75) is 6.92 Å². The van der Waals surface area contributed by atoms with Gasteiger partial charge in [-0.1, -0.05) is 15.9 Å². The van der Waals surface area contributed by atoms with Crippen molar-refractivity contribution in [3.05, 3.63) is 34.3 Å². The number of amides is 1. The Kier molecular flexibility index (Phi) is 3.83. The Morgan fingerprint density at radius 3 is 2.36 bits per heavy atom. The Morgan fingerprint density at radius 2 is 1.86 bits per heavy atom. The Morgan fingerprint density at radius 1 is 1.29 bits per heavy atom. The lowest BCUT2D eigenvalue weighted by atomic mass is 10.2. The molecule has 3 nitrogen and oxygen atoms in total. The van der Waals surface area contributed by atoms with Crippen LogP contribution in [0, 0.1) is 0 Å². The largest absolute Gasteiger partial charge is 0.345 e. The minimum absolute atomic E-state index is 0.0598. The summed E-state index contributed by atoms with van der Waals surface area (Å²) in [4.78, 5) is 22.0. The molecule has 0 heterocycles. The van der Waals surface area contributed by atoms with Gasteiger partial charge in [0.05, 0.1) is 6.54 Å². The van der Waals surface area contributed by atoms with E-state index in [1.54, 1.807) is 24.3 Å². The first-order valence-corrected chi connectivity index (χ1v) is 4.92. The number of carbonyl (C=O) groups excluding carboxylic acids is 2. The molecule has 0 saturated carbocycles. The first-order valence-electron chi connectivity index (χ1n) is 4.13. The summed E-state index contributed by atoms with van der Waals surface area (Å²) < 4.78 is 0.917. The summed E-state index contributed by atoms with van der Waals surface area (Å²) in [5.41, 5.74) is 0.550. The molecule has 14 heavy (non-hydrogen) atoms. The van der Waals surface area contributed by atoms with E-state index in [4.69, 9.17) is 0 Å². The summed E-state index contributed by atoms with van der Waals surface area (Å²) in [6, 6.07) is 6.95. The molecule has 1 aromatic carbocycles. The van der Waals surface area contributed by atoms with Gasteiger partial charge in [-0.2, -0.15) is 0 Å². The zero-order valence-corrected chi connectivity index (χ0v) is 9.30. The van der Waals surface area contributed by atoms with Crippen LogP contribution in [-0.4, -0.2) is 18.2 Å². The molecule has 0 bridgehead atoms. The molecule has 0 radical (unpaired) electrons. The van der Waals surface area contributed by atoms with Crippen LogP contribution >= 0.6 is 15.9 Å². The van der Waals surface area contributed by atoms with Crippen molar-refractivity contribution in [3.8, 4) is 0 Å². The summed E-state index contributed by atoms with van der Waals surface area (Å²) in [5.74, 6) is -0.289. The molecule has 1 N–H and O–H groups in total. The average Bonchev–Trinajstić information content (AvgIpc) is 2.15. The molecule has 0 unspecified atom stereocenters. The van der Waals surface area contributed by atoms with Gasteiger partial charge in [0.15, 0.2) is 0 Å². The Balaban J connectivity index is 2.61. The van der Waals surface area contributed by atoms with Crippen LogP contribution in [0.2, 0.25) is 0 Å². The average molecular weight is 256 g/mol. The fourth-order valence-corrected chi connectivity index (χ4v) is 1.17. The molecule has 0 aliphatic carbocycles. The molecule has 4 heteroatoms. The minimum atomic E-state index is -0.229. The summed E-state index contributed by atoms with van der Waals surface area (Å²) >= 11 is 3.27. The number of benzene rings is 1. The van der Waals surface area contributed by atoms with Crippen LogP contribution < -0.4 is 5.32 Å². The van der Waals surface area contributed by atoms with Crippen LogP contribution in [0.3, 0.4) is 0 Å². The number of nitrogens with one attached hydrogen (secondary N) is 1. The van der Waals surface area contributed by atoms with Gasteiger partial charge in [0.2, 0.25) is 0 Å². The van der Waals surface area contributed by atoms with Crippen LogP contribution in [0.5, 0.6) is 0 Å². The van der Waals surface area contributed by atoms with Gasteiger partial charge < -0.3 is 5.32 Å². The number of ketones is 1. The SMILES string of the molecule is CC(=O)CNC(=O)c1ccc(Br)cc1. The van der Waals surface area contributed by atoms with Gasteiger partial charge in [-0.3, -0.25) is 9.59 Å². The van der Waals surface area contributed by atoms with Crippen LogP contribution in [0.15, 0.2) is 28.7 Å². The number of Topliss-reactive ketones (excluding diaryl/α,β-unsaturated/α-hetero) is 1. The Labute approximate surface area is 90.6 Å². The zero-order valence-electron chi connectivity index (χ0n) is 7.71. The van der Waals surface area contributed by atoms with Crippen molar-refractivity contribution in [2.75, 3.05) is 6.54 Å². The van der Waals surface area contributed by atoms with Crippen molar-refractivity contribution in [3.63, 3.8) is 0 Å². The molecule has 0 aliphatic heterocycles. The van der Waals surface area contributed by atoms with Crippen molar-refractivity contribution < 1.29 is 9.59 Å². The number of rotatable bonds is 3. The quantitative estimate of drug-likeness (QED) is 0.895. The van der Waals surface area contributed by atoms with E-state index >= 15 is 0 Å². The van der Waals surface area contributed by atoms with E-state index in [1.165, 1.54) is 6.92 Å². The maximum absolute atomic E-state index is 11.4. The first kappa shape index (κ1) is 10.9. The molecule has 1 aromatic rings. The Hall–Kier alpha value is -1.16. The van der Waals surface area contributed by atoms with Crippen molar-refractivity contribution in [2.24, 2.45) is 0 Å². The molecular weight excluding hydrogens is 246 g/mol. The predicted molar refractivity (Wildman–Crippen MR) is 57.2 cm³/mol. The molecular formula is C10H10BrNO2. The molecule has 0 fully saturated rings. The van der Waals surface area contributed by atoms with Gasteiger partial charge in [0, 0.05) is 10.0 Å². The van der Waals surface area contributed by atoms with E-state index in [0.29, 0.717) is 5.56 Å². The highest BCUT2D eigenvalue weighted by Crippen LogP contribution is 2.10. The standard InChI is InChI=1S/C10H10BrNO2/c1-7(13)6-12-10(14)8-2-4-9(11)5-3-8/h2-5H,6H2,1H3,(H,12,14). The number of halogens is 1. The molecule has 1 amide bonds. The minimum Gasteiger partial charge on any atom is -0.345 e. The van der Waals surface area contributed by atoms with Gasteiger partial charge in [0.25, 0.3) is 5.91 Å². The molecule has 0 aliphatic rings. The molecule has 0 saturated heterocycles. The van der Waals surface area contributed by atoms with Crippen LogP contribution in [-0.2, 0) is 4.79 Å². The van der Waals surface area contributed by atoms with Gasteiger partial charge in [-0.05, 0) is 31.2 Å². The molecule has 0 atom stereocenters. The fourth-order valence-electron chi connectivity index (χ4n) is 0.908. The van der Waals surface area contributed by atoms with E-state index in [0.717, 1.165) is 4.47 Å². The summed E-state index contributed by atoms with van der Waals surface area (Å²) in [6.45, 7) is 1.51. The van der Waals surface area contributed by atoms with E-state index in [1.807, 2.05) is 0 Å². The van der Waals surface area contributed by atoms with Crippen LogP contribution in [0.4, 0.5) is 0 Å². The van der Waals surface area contributed by atoms with Crippen LogP contribution in [0.1, 0.15) is 17.3 Å². The molecule has 0 aromatic heterocycles. The summed E-state index contributed by atoms with van der Waals surface area (Å²) in [7, 11) is 0. The highest BCUT2D eigenvalue weighted by molar-refractivity contribution is 9.10. The summed E-state index contributed by atoms with van der Waals surface area (Å²) in [6.07, 6.45) is 0. The molecule has 1 rings (SSSR count). The summed E-state index contributed by atoms with van der Waals surface area (Å²) in [5, 5.41) is 2.51. The van der Waals surface area contributed by atoms with Gasteiger partial charge in [-0.15, -0.1) is 0 Å². The van der Waals surface area contributed by atoms with E-state index < -0.39 is 0 Å². The van der Waals surface area contributed by atoms with Crippen molar-refractivity contribution in [1.82, 2.24) is 5.32 Å². The Bertz CT molecular complexity index is 346. The lowest BCUT2D eigenvalue weighted by molar-refractivity contribution is -0.116.